The van der Waals surface area contributed by atoms with Crippen molar-refractivity contribution in [2.75, 3.05) is 11.9 Å². The van der Waals surface area contributed by atoms with Crippen LogP contribution in [0.1, 0.15) is 30.1 Å². The highest BCUT2D eigenvalue weighted by molar-refractivity contribution is 7.14. The maximum Gasteiger partial charge on any atom is 0.251 e. The van der Waals surface area contributed by atoms with Crippen molar-refractivity contribution >= 4 is 28.2 Å². The third-order valence-corrected chi connectivity index (χ3v) is 5.25. The van der Waals surface area contributed by atoms with E-state index in [9.17, 15) is 9.59 Å². The molecule has 3 N–H and O–H groups in total. The summed E-state index contributed by atoms with van der Waals surface area (Å²) in [6, 6.07) is 3.53. The molecule has 8 heteroatoms. The number of aromatic nitrogens is 2. The molecule has 2 atom stereocenters. The first-order valence-corrected chi connectivity index (χ1v) is 8.85. The lowest BCUT2D eigenvalue weighted by Crippen LogP contribution is -2.46. The van der Waals surface area contributed by atoms with Crippen molar-refractivity contribution in [3.63, 3.8) is 0 Å². The second-order valence-electron chi connectivity index (χ2n) is 5.95. The minimum atomic E-state index is -0.531. The lowest BCUT2D eigenvalue weighted by molar-refractivity contribution is -0.121. The normalized spacial score (nSPS) is 19.3. The van der Waals surface area contributed by atoms with Gasteiger partial charge in [-0.05, 0) is 43.8 Å². The van der Waals surface area contributed by atoms with Crippen LogP contribution in [0.2, 0.25) is 0 Å². The van der Waals surface area contributed by atoms with Crippen molar-refractivity contribution < 1.29 is 9.59 Å². The van der Waals surface area contributed by atoms with Gasteiger partial charge in [0, 0.05) is 18.4 Å². The molecule has 2 aromatic rings. The summed E-state index contributed by atoms with van der Waals surface area (Å²) in [4.78, 5) is 26.2. The molecule has 0 unspecified atom stereocenters. The second-order valence-corrected chi connectivity index (χ2v) is 6.87. The molecule has 3 rings (SSSR count). The molecule has 7 nitrogen and oxygen atoms in total. The zero-order chi connectivity index (χ0) is 17.1. The van der Waals surface area contributed by atoms with Crippen LogP contribution < -0.4 is 11.1 Å². The highest BCUT2D eigenvalue weighted by atomic mass is 32.1. The van der Waals surface area contributed by atoms with Gasteiger partial charge < -0.3 is 11.1 Å². The Morgan fingerprint density at radius 3 is 3.08 bits per heavy atom. The molecule has 0 aliphatic carbocycles. The van der Waals surface area contributed by atoms with Gasteiger partial charge in [0.15, 0.2) is 0 Å². The summed E-state index contributed by atoms with van der Waals surface area (Å²) >= 11 is 1.31. The van der Waals surface area contributed by atoms with Gasteiger partial charge in [-0.15, -0.1) is 11.3 Å². The van der Waals surface area contributed by atoms with E-state index in [1.807, 2.05) is 23.9 Å². The number of nitrogens with zero attached hydrogens (tertiary/aromatic N) is 3. The van der Waals surface area contributed by atoms with E-state index in [-0.39, 0.29) is 18.0 Å². The Morgan fingerprint density at radius 2 is 2.38 bits per heavy atom. The van der Waals surface area contributed by atoms with Crippen molar-refractivity contribution in [2.45, 2.75) is 38.4 Å². The number of carbonyl (C=O) groups excluding carboxylic acids is 2. The number of nitrogens with one attached hydrogen (secondary N) is 1. The van der Waals surface area contributed by atoms with Crippen LogP contribution in [0.4, 0.5) is 5.00 Å². The number of nitrogens with two attached hydrogens (primary N) is 1. The average Bonchev–Trinajstić information content (AvgIpc) is 3.28. The van der Waals surface area contributed by atoms with Crippen LogP contribution in [0.25, 0.3) is 0 Å². The standard InChI is InChI=1S/C16H21N5O2S/c1-11(15(23)19-16-13(14(17)22)5-9-24-16)21-8-2-4-12(21)10-20-7-3-6-18-20/h3,5-7,9,11-12H,2,4,8,10H2,1H3,(H2,17,22)(H,19,23)/t11-,12-/m1/s1. The second kappa shape index (κ2) is 7.14. The van der Waals surface area contributed by atoms with Gasteiger partial charge in [-0.3, -0.25) is 19.2 Å². The number of thiophene rings is 1. The van der Waals surface area contributed by atoms with E-state index in [1.54, 1.807) is 17.6 Å². The molecule has 128 valence electrons. The fourth-order valence-corrected chi connectivity index (χ4v) is 3.95. The van der Waals surface area contributed by atoms with E-state index in [0.717, 1.165) is 25.9 Å². The van der Waals surface area contributed by atoms with E-state index < -0.39 is 5.91 Å². The Labute approximate surface area is 144 Å². The monoisotopic (exact) mass is 347 g/mol. The Hall–Kier alpha value is -2.19. The molecule has 1 aliphatic heterocycles. The Kier molecular flexibility index (Phi) is 4.96. The molecule has 0 spiro atoms. The molecule has 3 heterocycles. The summed E-state index contributed by atoms with van der Waals surface area (Å²) in [5.74, 6) is -0.649. The van der Waals surface area contributed by atoms with Crippen LogP contribution in [-0.2, 0) is 11.3 Å². The first-order chi connectivity index (χ1) is 11.6. The average molecular weight is 347 g/mol. The number of likely N-dealkylation sites (tertiary alicyclic amines) is 1. The molecular formula is C16H21N5O2S. The molecule has 2 aromatic heterocycles. The maximum atomic E-state index is 12.6. The quantitative estimate of drug-likeness (QED) is 0.829. The Bertz CT molecular complexity index is 712. The van der Waals surface area contributed by atoms with Gasteiger partial charge in [0.2, 0.25) is 5.91 Å². The number of anilines is 1. The molecule has 0 saturated carbocycles. The van der Waals surface area contributed by atoms with Crippen LogP contribution in [0.3, 0.4) is 0 Å². The number of hydrogen-bond donors (Lipinski definition) is 2. The van der Waals surface area contributed by atoms with Gasteiger partial charge in [0.25, 0.3) is 5.91 Å². The summed E-state index contributed by atoms with van der Waals surface area (Å²) in [6.07, 6.45) is 5.81. The van der Waals surface area contributed by atoms with Crippen molar-refractivity contribution in [1.82, 2.24) is 14.7 Å². The van der Waals surface area contributed by atoms with Gasteiger partial charge in [0.05, 0.1) is 18.2 Å². The van der Waals surface area contributed by atoms with Crippen LogP contribution in [0.5, 0.6) is 0 Å². The van der Waals surface area contributed by atoms with Gasteiger partial charge in [-0.1, -0.05) is 0 Å². The molecule has 1 fully saturated rings. The lowest BCUT2D eigenvalue weighted by Gasteiger charge is -2.29. The van der Waals surface area contributed by atoms with Gasteiger partial charge >= 0.3 is 0 Å². The number of rotatable bonds is 6. The molecule has 2 amide bonds. The number of hydrogen-bond acceptors (Lipinski definition) is 5. The molecule has 1 saturated heterocycles. The predicted molar refractivity (Wildman–Crippen MR) is 92.9 cm³/mol. The summed E-state index contributed by atoms with van der Waals surface area (Å²) < 4.78 is 1.90. The summed E-state index contributed by atoms with van der Waals surface area (Å²) in [6.45, 7) is 3.55. The van der Waals surface area contributed by atoms with Gasteiger partial charge in [0.1, 0.15) is 5.00 Å². The number of primary amides is 1. The fraction of sp³-hybridized carbons (Fsp3) is 0.438. The van der Waals surface area contributed by atoms with Crippen molar-refractivity contribution in [3.05, 3.63) is 35.5 Å². The van der Waals surface area contributed by atoms with Crippen LogP contribution in [0, 0.1) is 0 Å². The molecule has 24 heavy (non-hydrogen) atoms. The Balaban J connectivity index is 1.66. The zero-order valence-electron chi connectivity index (χ0n) is 13.5. The SMILES string of the molecule is C[C@H](C(=O)Nc1sccc1C(N)=O)N1CCC[C@@H]1Cn1cccn1. The first kappa shape index (κ1) is 16.7. The van der Waals surface area contributed by atoms with E-state index in [2.05, 4.69) is 15.3 Å². The van der Waals surface area contributed by atoms with Crippen molar-refractivity contribution in [3.8, 4) is 0 Å². The smallest absolute Gasteiger partial charge is 0.251 e. The summed E-state index contributed by atoms with van der Waals surface area (Å²) in [7, 11) is 0. The van der Waals surface area contributed by atoms with E-state index in [0.29, 0.717) is 10.6 Å². The number of amides is 2. The maximum absolute atomic E-state index is 12.6. The topological polar surface area (TPSA) is 93.2 Å². The van der Waals surface area contributed by atoms with Crippen molar-refractivity contribution in [1.29, 1.82) is 0 Å². The van der Waals surface area contributed by atoms with Gasteiger partial charge in [-0.2, -0.15) is 5.10 Å². The van der Waals surface area contributed by atoms with Gasteiger partial charge in [-0.25, -0.2) is 0 Å². The lowest BCUT2D eigenvalue weighted by atomic mass is 10.2. The third-order valence-electron chi connectivity index (χ3n) is 4.42. The molecule has 0 bridgehead atoms. The Morgan fingerprint density at radius 1 is 1.54 bits per heavy atom. The van der Waals surface area contributed by atoms with Crippen LogP contribution in [-0.4, -0.2) is 45.1 Å². The molecule has 0 radical (unpaired) electrons. The van der Waals surface area contributed by atoms with E-state index in [4.69, 9.17) is 5.73 Å². The highest BCUT2D eigenvalue weighted by Crippen LogP contribution is 2.25. The predicted octanol–water partition coefficient (Wildman–Crippen LogP) is 1.54. The third kappa shape index (κ3) is 3.49. The molecular weight excluding hydrogens is 326 g/mol. The van der Waals surface area contributed by atoms with E-state index in [1.165, 1.54) is 11.3 Å². The minimum Gasteiger partial charge on any atom is -0.366 e. The largest absolute Gasteiger partial charge is 0.366 e. The fourth-order valence-electron chi connectivity index (χ4n) is 3.16. The molecule has 1 aliphatic rings. The summed E-state index contributed by atoms with van der Waals surface area (Å²) in [5.41, 5.74) is 5.68. The highest BCUT2D eigenvalue weighted by Gasteiger charge is 2.32. The minimum absolute atomic E-state index is 0.118. The number of carbonyl (C=O) groups is 2. The van der Waals surface area contributed by atoms with Crippen molar-refractivity contribution in [2.24, 2.45) is 5.73 Å². The first-order valence-electron chi connectivity index (χ1n) is 7.97. The van der Waals surface area contributed by atoms with Crippen LogP contribution >= 0.6 is 11.3 Å². The van der Waals surface area contributed by atoms with Crippen LogP contribution in [0.15, 0.2) is 29.9 Å². The zero-order valence-corrected chi connectivity index (χ0v) is 14.3. The van der Waals surface area contributed by atoms with E-state index >= 15 is 0 Å². The summed E-state index contributed by atoms with van der Waals surface area (Å²) in [5, 5.41) is 9.36. The molecule has 0 aromatic carbocycles.